The fourth-order valence-electron chi connectivity index (χ4n) is 3.03. The molecule has 0 saturated carbocycles. The maximum Gasteiger partial charge on any atom is 0.200 e. The molecule has 0 amide bonds. The molecule has 0 N–H and O–H groups in total. The molecule has 22 heavy (non-hydrogen) atoms. The molecule has 0 radical (unpaired) electrons. The van der Waals surface area contributed by atoms with Gasteiger partial charge in [-0.15, -0.1) is 0 Å². The fraction of sp³-hybridized carbons (Fsp3) is 0.200. The van der Waals surface area contributed by atoms with Crippen LogP contribution in [0, 0.1) is 0 Å². The van der Waals surface area contributed by atoms with E-state index in [2.05, 4.69) is 48.5 Å². The van der Waals surface area contributed by atoms with Gasteiger partial charge in [0.05, 0.1) is 6.61 Å². The molecular formula is C20H18O2. The molecular weight excluding hydrogens is 272 g/mol. The van der Waals surface area contributed by atoms with Gasteiger partial charge in [-0.25, -0.2) is 0 Å². The van der Waals surface area contributed by atoms with Crippen molar-refractivity contribution in [2.75, 3.05) is 0 Å². The van der Waals surface area contributed by atoms with Gasteiger partial charge in [0.15, 0.2) is 0 Å². The molecule has 0 saturated heterocycles. The molecule has 1 atom stereocenters. The lowest BCUT2D eigenvalue weighted by atomic mass is 9.98. The standard InChI is InChI=1S/C20H18O2/c1-2-6-15(7-3-1)14-21-20-13-11-18-17-9-5-4-8-16(17)10-12-19(18)22-20/h1-10,12,20H,11,13-14H2/t20-/m0/s1. The Bertz CT molecular complexity index is 780. The van der Waals surface area contributed by atoms with E-state index in [0.717, 1.165) is 18.6 Å². The van der Waals surface area contributed by atoms with Crippen molar-refractivity contribution in [1.82, 2.24) is 0 Å². The van der Waals surface area contributed by atoms with Crippen LogP contribution in [0.1, 0.15) is 17.5 Å². The average molecular weight is 290 g/mol. The van der Waals surface area contributed by atoms with Gasteiger partial charge in [0, 0.05) is 12.0 Å². The lowest BCUT2D eigenvalue weighted by Crippen LogP contribution is -2.25. The third-order valence-corrected chi connectivity index (χ3v) is 4.16. The molecule has 1 heterocycles. The minimum absolute atomic E-state index is 0.158. The molecule has 3 aromatic carbocycles. The van der Waals surface area contributed by atoms with E-state index >= 15 is 0 Å². The summed E-state index contributed by atoms with van der Waals surface area (Å²) in [6.07, 6.45) is 1.73. The Morgan fingerprint density at radius 3 is 2.64 bits per heavy atom. The van der Waals surface area contributed by atoms with Crippen LogP contribution in [0.15, 0.2) is 66.7 Å². The highest BCUT2D eigenvalue weighted by Crippen LogP contribution is 2.34. The summed E-state index contributed by atoms with van der Waals surface area (Å²) in [6, 6.07) is 22.9. The summed E-state index contributed by atoms with van der Waals surface area (Å²) in [7, 11) is 0. The van der Waals surface area contributed by atoms with Crippen LogP contribution in [-0.2, 0) is 17.8 Å². The number of hydrogen-bond acceptors (Lipinski definition) is 2. The van der Waals surface area contributed by atoms with E-state index in [1.807, 2.05) is 18.2 Å². The normalized spacial score (nSPS) is 17.0. The molecule has 0 aliphatic carbocycles. The number of fused-ring (bicyclic) bond motifs is 3. The molecule has 0 bridgehead atoms. The topological polar surface area (TPSA) is 18.5 Å². The van der Waals surface area contributed by atoms with E-state index in [-0.39, 0.29) is 6.29 Å². The summed E-state index contributed by atoms with van der Waals surface area (Å²) < 4.78 is 12.0. The van der Waals surface area contributed by atoms with Crippen molar-refractivity contribution < 1.29 is 9.47 Å². The van der Waals surface area contributed by atoms with Crippen LogP contribution < -0.4 is 4.74 Å². The van der Waals surface area contributed by atoms with Gasteiger partial charge in [-0.3, -0.25) is 0 Å². The highest BCUT2D eigenvalue weighted by molar-refractivity contribution is 5.87. The zero-order valence-corrected chi connectivity index (χ0v) is 12.4. The van der Waals surface area contributed by atoms with Crippen LogP contribution in [0.25, 0.3) is 10.8 Å². The van der Waals surface area contributed by atoms with Gasteiger partial charge in [0.25, 0.3) is 0 Å². The van der Waals surface area contributed by atoms with Crippen molar-refractivity contribution in [3.8, 4) is 5.75 Å². The molecule has 4 rings (SSSR count). The smallest absolute Gasteiger partial charge is 0.200 e. The van der Waals surface area contributed by atoms with E-state index in [1.54, 1.807) is 0 Å². The maximum absolute atomic E-state index is 6.04. The van der Waals surface area contributed by atoms with Crippen molar-refractivity contribution in [2.24, 2.45) is 0 Å². The first-order chi connectivity index (χ1) is 10.9. The van der Waals surface area contributed by atoms with E-state index < -0.39 is 0 Å². The van der Waals surface area contributed by atoms with Crippen molar-refractivity contribution in [1.29, 1.82) is 0 Å². The second-order valence-corrected chi connectivity index (χ2v) is 5.65. The Hall–Kier alpha value is -2.32. The van der Waals surface area contributed by atoms with Crippen LogP contribution >= 0.6 is 0 Å². The second-order valence-electron chi connectivity index (χ2n) is 5.65. The number of aryl methyl sites for hydroxylation is 1. The summed E-state index contributed by atoms with van der Waals surface area (Å²) in [4.78, 5) is 0. The average Bonchev–Trinajstić information content (AvgIpc) is 2.60. The van der Waals surface area contributed by atoms with Gasteiger partial charge in [0.1, 0.15) is 5.75 Å². The zero-order chi connectivity index (χ0) is 14.8. The van der Waals surface area contributed by atoms with E-state index in [0.29, 0.717) is 6.61 Å². The van der Waals surface area contributed by atoms with Gasteiger partial charge >= 0.3 is 0 Å². The summed E-state index contributed by atoms with van der Waals surface area (Å²) in [5, 5.41) is 2.56. The first-order valence-corrected chi connectivity index (χ1v) is 7.73. The Labute approximate surface area is 130 Å². The quantitative estimate of drug-likeness (QED) is 0.695. The summed E-state index contributed by atoms with van der Waals surface area (Å²) in [5.74, 6) is 0.961. The zero-order valence-electron chi connectivity index (χ0n) is 12.4. The van der Waals surface area contributed by atoms with Gasteiger partial charge in [-0.05, 0) is 28.8 Å². The molecule has 2 heteroatoms. The van der Waals surface area contributed by atoms with Crippen molar-refractivity contribution in [3.63, 3.8) is 0 Å². The predicted octanol–water partition coefficient (Wildman–Crippen LogP) is 4.71. The highest BCUT2D eigenvalue weighted by Gasteiger charge is 2.21. The van der Waals surface area contributed by atoms with E-state index in [4.69, 9.17) is 9.47 Å². The molecule has 3 aromatic rings. The molecule has 1 aliphatic heterocycles. The largest absolute Gasteiger partial charge is 0.465 e. The summed E-state index contributed by atoms with van der Waals surface area (Å²) in [5.41, 5.74) is 2.48. The van der Waals surface area contributed by atoms with Crippen LogP contribution in [0.3, 0.4) is 0 Å². The summed E-state index contributed by atoms with van der Waals surface area (Å²) >= 11 is 0. The van der Waals surface area contributed by atoms with Gasteiger partial charge in [-0.1, -0.05) is 60.7 Å². The Kier molecular flexibility index (Phi) is 3.53. The molecule has 0 spiro atoms. The Morgan fingerprint density at radius 1 is 0.909 bits per heavy atom. The maximum atomic E-state index is 6.04. The SMILES string of the molecule is c1ccc(CO[C@@H]2CCc3c(ccc4ccccc34)O2)cc1. The number of benzene rings is 3. The highest BCUT2D eigenvalue weighted by atomic mass is 16.7. The number of hydrogen-bond donors (Lipinski definition) is 0. The first kappa shape index (κ1) is 13.4. The van der Waals surface area contributed by atoms with Gasteiger partial charge in [-0.2, -0.15) is 0 Å². The van der Waals surface area contributed by atoms with Crippen molar-refractivity contribution in [3.05, 3.63) is 77.9 Å². The molecule has 0 unspecified atom stereocenters. The van der Waals surface area contributed by atoms with Gasteiger partial charge in [0.2, 0.25) is 6.29 Å². The molecule has 0 aromatic heterocycles. The molecule has 0 fully saturated rings. The number of ether oxygens (including phenoxy) is 2. The second kappa shape index (κ2) is 5.82. The van der Waals surface area contributed by atoms with Crippen molar-refractivity contribution in [2.45, 2.75) is 25.7 Å². The monoisotopic (exact) mass is 290 g/mol. The van der Waals surface area contributed by atoms with Crippen LogP contribution in [0.5, 0.6) is 5.75 Å². The third-order valence-electron chi connectivity index (χ3n) is 4.16. The third kappa shape index (κ3) is 2.58. The lowest BCUT2D eigenvalue weighted by Gasteiger charge is -2.27. The fourth-order valence-corrected chi connectivity index (χ4v) is 3.03. The molecule has 2 nitrogen and oxygen atoms in total. The molecule has 1 aliphatic rings. The van der Waals surface area contributed by atoms with E-state index in [9.17, 15) is 0 Å². The number of rotatable bonds is 3. The van der Waals surface area contributed by atoms with Crippen LogP contribution in [0.2, 0.25) is 0 Å². The molecule has 110 valence electrons. The Balaban J connectivity index is 1.51. The van der Waals surface area contributed by atoms with Gasteiger partial charge < -0.3 is 9.47 Å². The summed E-state index contributed by atoms with van der Waals surface area (Å²) in [6.45, 7) is 0.592. The minimum atomic E-state index is -0.158. The van der Waals surface area contributed by atoms with E-state index in [1.165, 1.54) is 21.9 Å². The minimum Gasteiger partial charge on any atom is -0.465 e. The lowest BCUT2D eigenvalue weighted by molar-refractivity contribution is -0.0993. The van der Waals surface area contributed by atoms with Crippen LogP contribution in [-0.4, -0.2) is 6.29 Å². The van der Waals surface area contributed by atoms with Crippen LogP contribution in [0.4, 0.5) is 0 Å². The predicted molar refractivity (Wildman–Crippen MR) is 87.9 cm³/mol. The van der Waals surface area contributed by atoms with Crippen molar-refractivity contribution >= 4 is 10.8 Å². The first-order valence-electron chi connectivity index (χ1n) is 7.73. The Morgan fingerprint density at radius 2 is 1.73 bits per heavy atom.